The minimum absolute atomic E-state index is 0.0696. The summed E-state index contributed by atoms with van der Waals surface area (Å²) in [5, 5.41) is 8.71. The van der Waals surface area contributed by atoms with E-state index in [4.69, 9.17) is 9.84 Å². The zero-order valence-corrected chi connectivity index (χ0v) is 12.8. The van der Waals surface area contributed by atoms with Gasteiger partial charge in [0, 0.05) is 32.2 Å². The Labute approximate surface area is 126 Å². The van der Waals surface area contributed by atoms with Crippen LogP contribution in [-0.4, -0.2) is 42.8 Å². The second kappa shape index (κ2) is 9.98. The summed E-state index contributed by atoms with van der Waals surface area (Å²) in [4.78, 5) is 13.6. The summed E-state index contributed by atoms with van der Waals surface area (Å²) >= 11 is 0. The third kappa shape index (κ3) is 6.94. The maximum atomic E-state index is 11.9. The topological polar surface area (TPSA) is 49.8 Å². The zero-order chi connectivity index (χ0) is 15.5. The van der Waals surface area contributed by atoms with Gasteiger partial charge in [0.25, 0.3) is 0 Å². The third-order valence-corrected chi connectivity index (χ3v) is 2.91. The molecule has 0 saturated heterocycles. The second-order valence-corrected chi connectivity index (χ2v) is 4.67. The maximum Gasteiger partial charge on any atom is 0.224 e. The van der Waals surface area contributed by atoms with E-state index >= 15 is 0 Å². The SMILES string of the molecule is CCOCCC(=O)N(C)Cc1cccc(C#CCCO)c1. The van der Waals surface area contributed by atoms with E-state index in [-0.39, 0.29) is 12.5 Å². The number of nitrogens with zero attached hydrogens (tertiary/aromatic N) is 1. The Balaban J connectivity index is 2.56. The lowest BCUT2D eigenvalue weighted by atomic mass is 10.1. The summed E-state index contributed by atoms with van der Waals surface area (Å²) < 4.78 is 5.19. The van der Waals surface area contributed by atoms with Gasteiger partial charge in [-0.15, -0.1) is 0 Å². The lowest BCUT2D eigenvalue weighted by molar-refractivity contribution is -0.131. The van der Waals surface area contributed by atoms with Crippen molar-refractivity contribution in [3.8, 4) is 11.8 Å². The highest BCUT2D eigenvalue weighted by Gasteiger charge is 2.09. The van der Waals surface area contributed by atoms with Gasteiger partial charge in [0.1, 0.15) is 0 Å². The number of carbonyl (C=O) groups excluding carboxylic acids is 1. The molecule has 1 rings (SSSR count). The molecule has 0 aliphatic carbocycles. The fourth-order valence-electron chi connectivity index (χ4n) is 1.82. The van der Waals surface area contributed by atoms with Crippen LogP contribution in [0.25, 0.3) is 0 Å². The van der Waals surface area contributed by atoms with E-state index < -0.39 is 0 Å². The first-order valence-electron chi connectivity index (χ1n) is 7.17. The highest BCUT2D eigenvalue weighted by molar-refractivity contribution is 5.75. The fourth-order valence-corrected chi connectivity index (χ4v) is 1.82. The number of amides is 1. The van der Waals surface area contributed by atoms with Gasteiger partial charge in [-0.1, -0.05) is 24.0 Å². The molecule has 0 atom stereocenters. The van der Waals surface area contributed by atoms with Crippen molar-refractivity contribution >= 4 is 5.91 Å². The number of benzene rings is 1. The van der Waals surface area contributed by atoms with Crippen LogP contribution >= 0.6 is 0 Å². The third-order valence-electron chi connectivity index (χ3n) is 2.91. The molecule has 0 saturated carbocycles. The Morgan fingerprint density at radius 3 is 2.95 bits per heavy atom. The summed E-state index contributed by atoms with van der Waals surface area (Å²) in [5.74, 6) is 5.96. The monoisotopic (exact) mass is 289 g/mol. The van der Waals surface area contributed by atoms with Crippen LogP contribution in [0.15, 0.2) is 24.3 Å². The average Bonchev–Trinajstić information content (AvgIpc) is 2.48. The molecule has 0 bridgehead atoms. The van der Waals surface area contributed by atoms with Crippen molar-refractivity contribution in [2.24, 2.45) is 0 Å². The standard InChI is InChI=1S/C17H23NO3/c1-3-21-12-10-17(20)18(2)14-16-9-6-8-15(13-16)7-4-5-11-19/h6,8-9,13,19H,3,5,10-12,14H2,1-2H3. The first-order valence-corrected chi connectivity index (χ1v) is 7.17. The van der Waals surface area contributed by atoms with Crippen LogP contribution in [0.4, 0.5) is 0 Å². The van der Waals surface area contributed by atoms with Crippen LogP contribution in [-0.2, 0) is 16.1 Å². The molecule has 0 fully saturated rings. The zero-order valence-electron chi connectivity index (χ0n) is 12.8. The number of ether oxygens (including phenoxy) is 1. The summed E-state index contributed by atoms with van der Waals surface area (Å²) in [6.07, 6.45) is 0.875. The van der Waals surface area contributed by atoms with Crippen LogP contribution in [0.3, 0.4) is 0 Å². The van der Waals surface area contributed by atoms with E-state index in [0.29, 0.717) is 32.6 Å². The highest BCUT2D eigenvalue weighted by Crippen LogP contribution is 2.08. The summed E-state index contributed by atoms with van der Waals surface area (Å²) in [5.41, 5.74) is 1.94. The first kappa shape index (κ1) is 17.2. The van der Waals surface area contributed by atoms with Gasteiger partial charge in [-0.25, -0.2) is 0 Å². The summed E-state index contributed by atoms with van der Waals surface area (Å²) in [6.45, 7) is 3.64. The van der Waals surface area contributed by atoms with E-state index in [1.807, 2.05) is 31.2 Å². The van der Waals surface area contributed by atoms with E-state index in [2.05, 4.69) is 11.8 Å². The van der Waals surface area contributed by atoms with Crippen LogP contribution in [0.1, 0.15) is 30.9 Å². The van der Waals surface area contributed by atoms with Crippen molar-refractivity contribution < 1.29 is 14.6 Å². The Kier molecular flexibility index (Phi) is 8.18. The van der Waals surface area contributed by atoms with Gasteiger partial charge in [-0.05, 0) is 24.6 Å². The van der Waals surface area contributed by atoms with Crippen LogP contribution in [0.5, 0.6) is 0 Å². The van der Waals surface area contributed by atoms with E-state index in [9.17, 15) is 4.79 Å². The molecule has 0 heterocycles. The smallest absolute Gasteiger partial charge is 0.224 e. The van der Waals surface area contributed by atoms with Crippen LogP contribution in [0, 0.1) is 11.8 Å². The molecule has 4 nitrogen and oxygen atoms in total. The minimum Gasteiger partial charge on any atom is -0.395 e. The molecule has 4 heteroatoms. The lowest BCUT2D eigenvalue weighted by Crippen LogP contribution is -2.27. The summed E-state index contributed by atoms with van der Waals surface area (Å²) in [7, 11) is 1.79. The van der Waals surface area contributed by atoms with Crippen molar-refractivity contribution in [3.05, 3.63) is 35.4 Å². The first-order chi connectivity index (χ1) is 10.2. The molecule has 1 N–H and O–H groups in total. The molecule has 0 unspecified atom stereocenters. The van der Waals surface area contributed by atoms with Gasteiger partial charge in [-0.2, -0.15) is 0 Å². The molecule has 1 amide bonds. The van der Waals surface area contributed by atoms with E-state index in [1.165, 1.54) is 0 Å². The minimum atomic E-state index is 0.0696. The van der Waals surface area contributed by atoms with Crippen LogP contribution in [0.2, 0.25) is 0 Å². The van der Waals surface area contributed by atoms with Crippen molar-refractivity contribution in [2.75, 3.05) is 26.9 Å². The molecule has 114 valence electrons. The van der Waals surface area contributed by atoms with E-state index in [0.717, 1.165) is 11.1 Å². The Hall–Kier alpha value is -1.83. The van der Waals surface area contributed by atoms with Gasteiger partial charge >= 0.3 is 0 Å². The molecule has 0 spiro atoms. The molecule has 0 aromatic heterocycles. The molecule has 0 radical (unpaired) electrons. The van der Waals surface area contributed by atoms with Gasteiger partial charge < -0.3 is 14.7 Å². The van der Waals surface area contributed by atoms with Crippen molar-refractivity contribution in [1.29, 1.82) is 0 Å². The number of carbonyl (C=O) groups is 1. The van der Waals surface area contributed by atoms with Crippen molar-refractivity contribution in [3.63, 3.8) is 0 Å². The number of aliphatic hydroxyl groups excluding tert-OH is 1. The normalized spacial score (nSPS) is 9.86. The van der Waals surface area contributed by atoms with Gasteiger partial charge in [0.2, 0.25) is 5.91 Å². The number of hydrogen-bond acceptors (Lipinski definition) is 3. The molecule has 0 aliphatic rings. The fraction of sp³-hybridized carbons (Fsp3) is 0.471. The molecular formula is C17H23NO3. The van der Waals surface area contributed by atoms with Gasteiger partial charge in [0.05, 0.1) is 19.6 Å². The highest BCUT2D eigenvalue weighted by atomic mass is 16.5. The Morgan fingerprint density at radius 1 is 1.43 bits per heavy atom. The quantitative estimate of drug-likeness (QED) is 0.615. The van der Waals surface area contributed by atoms with E-state index in [1.54, 1.807) is 11.9 Å². The number of rotatable bonds is 7. The van der Waals surface area contributed by atoms with Gasteiger partial charge in [-0.3, -0.25) is 4.79 Å². The molecular weight excluding hydrogens is 266 g/mol. The number of hydrogen-bond donors (Lipinski definition) is 1. The Bertz CT molecular complexity index is 502. The number of aliphatic hydroxyl groups is 1. The molecule has 0 aliphatic heterocycles. The molecule has 1 aromatic carbocycles. The maximum absolute atomic E-state index is 11.9. The van der Waals surface area contributed by atoms with Crippen molar-refractivity contribution in [2.45, 2.75) is 26.3 Å². The second-order valence-electron chi connectivity index (χ2n) is 4.67. The lowest BCUT2D eigenvalue weighted by Gasteiger charge is -2.17. The predicted molar refractivity (Wildman–Crippen MR) is 82.6 cm³/mol. The predicted octanol–water partition coefficient (Wildman–Crippen LogP) is 1.81. The van der Waals surface area contributed by atoms with Gasteiger partial charge in [0.15, 0.2) is 0 Å². The molecule has 21 heavy (non-hydrogen) atoms. The average molecular weight is 289 g/mol. The Morgan fingerprint density at radius 2 is 2.24 bits per heavy atom. The molecule has 1 aromatic rings. The van der Waals surface area contributed by atoms with Crippen molar-refractivity contribution in [1.82, 2.24) is 4.90 Å². The largest absolute Gasteiger partial charge is 0.395 e. The van der Waals surface area contributed by atoms with Crippen LogP contribution < -0.4 is 0 Å². The summed E-state index contributed by atoms with van der Waals surface area (Å²) in [6, 6.07) is 7.79.